The molecular weight excluding hydrogens is 354 g/mol. The fraction of sp³-hybridized carbons (Fsp3) is 0.412. The third-order valence-corrected chi connectivity index (χ3v) is 4.91. The van der Waals surface area contributed by atoms with Crippen LogP contribution in [0.25, 0.3) is 5.32 Å². The summed E-state index contributed by atoms with van der Waals surface area (Å²) in [6.45, 7) is 3.55. The number of amides is 1. The maximum Gasteiger partial charge on any atom is 0.257 e. The SMILES string of the molecule is CN1CCN([n+]2cc([N-]C(=O)CCSC(=O)c3ccccc3)on2)CC1. The molecule has 0 radical (unpaired) electrons. The first kappa shape index (κ1) is 18.4. The van der Waals surface area contributed by atoms with E-state index in [4.69, 9.17) is 4.52 Å². The van der Waals surface area contributed by atoms with E-state index in [1.165, 1.54) is 0 Å². The van der Waals surface area contributed by atoms with E-state index in [2.05, 4.69) is 22.5 Å². The van der Waals surface area contributed by atoms with Gasteiger partial charge in [0.1, 0.15) is 5.88 Å². The molecule has 138 valence electrons. The van der Waals surface area contributed by atoms with Crippen LogP contribution in [0.3, 0.4) is 0 Å². The van der Waals surface area contributed by atoms with Crippen LogP contribution in [0.2, 0.25) is 0 Å². The second kappa shape index (κ2) is 8.81. The summed E-state index contributed by atoms with van der Waals surface area (Å²) in [5.41, 5.74) is 0.630. The van der Waals surface area contributed by atoms with Gasteiger partial charge in [-0.2, -0.15) is 5.01 Å². The minimum atomic E-state index is -0.333. The van der Waals surface area contributed by atoms with Crippen molar-refractivity contribution in [2.45, 2.75) is 6.42 Å². The molecule has 26 heavy (non-hydrogen) atoms. The second-order valence-corrected chi connectivity index (χ2v) is 7.04. The van der Waals surface area contributed by atoms with Crippen LogP contribution in [0.1, 0.15) is 16.8 Å². The van der Waals surface area contributed by atoms with Gasteiger partial charge in [0.05, 0.1) is 23.8 Å². The number of carbonyl (C=O) groups excluding carboxylic acids is 2. The molecule has 1 amide bonds. The van der Waals surface area contributed by atoms with Gasteiger partial charge >= 0.3 is 0 Å². The monoisotopic (exact) mass is 375 g/mol. The number of nitrogens with zero attached hydrogens (tertiary/aromatic N) is 5. The molecule has 8 nitrogen and oxygen atoms in total. The first-order valence-electron chi connectivity index (χ1n) is 8.41. The summed E-state index contributed by atoms with van der Waals surface area (Å²) in [6.07, 6.45) is 1.77. The normalized spacial score (nSPS) is 15.0. The quantitative estimate of drug-likeness (QED) is 0.705. The molecule has 2 aromatic rings. The molecule has 3 rings (SSSR count). The standard InChI is InChI=1S/C17H21N5O3S/c1-20-8-10-21(11-9-20)22-13-16(25-19-22)18-15(23)7-12-26-17(24)14-5-3-2-4-6-14/h2-6,13H,7-12H2,1H3. The third-order valence-electron chi connectivity index (χ3n) is 4.01. The van der Waals surface area contributed by atoms with Crippen LogP contribution >= 0.6 is 11.8 Å². The average molecular weight is 375 g/mol. The van der Waals surface area contributed by atoms with Crippen LogP contribution < -0.4 is 9.80 Å². The van der Waals surface area contributed by atoms with Crippen molar-refractivity contribution in [2.75, 3.05) is 44.0 Å². The van der Waals surface area contributed by atoms with Gasteiger partial charge in [0.25, 0.3) is 6.20 Å². The molecule has 0 unspecified atom stereocenters. The minimum Gasteiger partial charge on any atom is -0.588 e. The zero-order valence-corrected chi connectivity index (χ0v) is 15.4. The Hall–Kier alpha value is -2.39. The Morgan fingerprint density at radius 1 is 1.23 bits per heavy atom. The summed E-state index contributed by atoms with van der Waals surface area (Å²) in [5, 5.41) is 9.80. The van der Waals surface area contributed by atoms with Crippen LogP contribution in [-0.2, 0) is 4.79 Å². The minimum absolute atomic E-state index is 0.0500. The van der Waals surface area contributed by atoms with E-state index < -0.39 is 0 Å². The summed E-state index contributed by atoms with van der Waals surface area (Å²) in [4.78, 5) is 27.7. The Morgan fingerprint density at radius 3 is 2.69 bits per heavy atom. The molecule has 2 heterocycles. The van der Waals surface area contributed by atoms with E-state index in [1.54, 1.807) is 23.1 Å². The molecule has 1 aliphatic rings. The first-order valence-corrected chi connectivity index (χ1v) is 9.39. The summed E-state index contributed by atoms with van der Waals surface area (Å²) in [6, 6.07) is 9.00. The Bertz CT molecular complexity index is 744. The number of aromatic nitrogens is 2. The summed E-state index contributed by atoms with van der Waals surface area (Å²) in [5.74, 6) is 0.219. The lowest BCUT2D eigenvalue weighted by molar-refractivity contribution is -0.759. The Morgan fingerprint density at radius 2 is 1.96 bits per heavy atom. The van der Waals surface area contributed by atoms with Crippen molar-refractivity contribution >= 4 is 28.7 Å². The predicted octanol–water partition coefficient (Wildman–Crippen LogP) is 1.34. The Kier molecular flexibility index (Phi) is 6.24. The maximum absolute atomic E-state index is 12.0. The highest BCUT2D eigenvalue weighted by Crippen LogP contribution is 2.18. The summed E-state index contributed by atoms with van der Waals surface area (Å²) < 4.78 is 5.11. The molecule has 1 aliphatic heterocycles. The van der Waals surface area contributed by atoms with Crippen LogP contribution in [-0.4, -0.2) is 60.2 Å². The molecule has 0 bridgehead atoms. The fourth-order valence-electron chi connectivity index (χ4n) is 2.48. The summed E-state index contributed by atoms with van der Waals surface area (Å²) in [7, 11) is 2.07. The van der Waals surface area contributed by atoms with Crippen LogP contribution in [0.5, 0.6) is 0 Å². The van der Waals surface area contributed by atoms with Gasteiger partial charge in [-0.15, -0.1) is 0 Å². The van der Waals surface area contributed by atoms with E-state index in [0.717, 1.165) is 37.9 Å². The summed E-state index contributed by atoms with van der Waals surface area (Å²) >= 11 is 1.11. The molecule has 0 saturated carbocycles. The van der Waals surface area contributed by atoms with E-state index in [1.807, 2.05) is 23.2 Å². The molecule has 0 N–H and O–H groups in total. The van der Waals surface area contributed by atoms with Crippen molar-refractivity contribution in [3.8, 4) is 0 Å². The van der Waals surface area contributed by atoms with Gasteiger partial charge in [0, 0.05) is 24.4 Å². The van der Waals surface area contributed by atoms with E-state index in [0.29, 0.717) is 11.3 Å². The van der Waals surface area contributed by atoms with Crippen LogP contribution in [0.15, 0.2) is 41.1 Å². The van der Waals surface area contributed by atoms with Gasteiger partial charge in [-0.3, -0.25) is 4.79 Å². The Balaban J connectivity index is 1.42. The van der Waals surface area contributed by atoms with Crippen molar-refractivity contribution in [1.82, 2.24) is 10.2 Å². The molecule has 0 spiro atoms. The number of carbonyl (C=O) groups is 2. The number of benzene rings is 1. The molecule has 0 atom stereocenters. The number of hydrogen-bond acceptors (Lipinski definition) is 7. The zero-order valence-electron chi connectivity index (χ0n) is 14.6. The molecular formula is C17H21N5O3S. The zero-order chi connectivity index (χ0) is 18.4. The highest BCUT2D eigenvalue weighted by molar-refractivity contribution is 8.14. The van der Waals surface area contributed by atoms with E-state index in [-0.39, 0.29) is 23.3 Å². The fourth-order valence-corrected chi connectivity index (χ4v) is 3.25. The highest BCUT2D eigenvalue weighted by atomic mass is 32.2. The third kappa shape index (κ3) is 5.06. The van der Waals surface area contributed by atoms with Gasteiger partial charge in [-0.25, -0.2) is 0 Å². The number of rotatable bonds is 6. The number of thioether (sulfide) groups is 1. The van der Waals surface area contributed by atoms with Gasteiger partial charge in [0.15, 0.2) is 0 Å². The van der Waals surface area contributed by atoms with Crippen LogP contribution in [0, 0.1) is 0 Å². The van der Waals surface area contributed by atoms with Gasteiger partial charge in [-0.05, 0) is 13.5 Å². The van der Waals surface area contributed by atoms with Crippen molar-refractivity contribution in [2.24, 2.45) is 0 Å². The number of likely N-dealkylation sites (N-methyl/N-ethyl adjacent to an activating group) is 1. The van der Waals surface area contributed by atoms with Gasteiger partial charge in [-0.1, -0.05) is 42.1 Å². The van der Waals surface area contributed by atoms with E-state index in [9.17, 15) is 9.59 Å². The van der Waals surface area contributed by atoms with Crippen molar-refractivity contribution in [1.29, 1.82) is 0 Å². The largest absolute Gasteiger partial charge is 0.588 e. The lowest BCUT2D eigenvalue weighted by Crippen LogP contribution is -2.64. The molecule has 1 saturated heterocycles. The molecule has 1 fully saturated rings. The van der Waals surface area contributed by atoms with Gasteiger partial charge < -0.3 is 19.5 Å². The smallest absolute Gasteiger partial charge is 0.257 e. The maximum atomic E-state index is 12.0. The second-order valence-electron chi connectivity index (χ2n) is 5.98. The van der Waals surface area contributed by atoms with Crippen molar-refractivity contribution in [3.05, 3.63) is 47.4 Å². The lowest BCUT2D eigenvalue weighted by Gasteiger charge is -2.26. The topological polar surface area (TPSA) is 84.6 Å². The van der Waals surface area contributed by atoms with Crippen molar-refractivity contribution < 1.29 is 18.9 Å². The first-order chi connectivity index (χ1) is 12.6. The molecule has 9 heteroatoms. The van der Waals surface area contributed by atoms with Crippen molar-refractivity contribution in [3.63, 3.8) is 0 Å². The number of piperazine rings is 1. The molecule has 1 aromatic heterocycles. The average Bonchev–Trinajstić information content (AvgIpc) is 3.11. The van der Waals surface area contributed by atoms with E-state index >= 15 is 0 Å². The molecule has 1 aromatic carbocycles. The number of hydrogen-bond donors (Lipinski definition) is 0. The predicted molar refractivity (Wildman–Crippen MR) is 98.0 cm³/mol. The lowest BCUT2D eigenvalue weighted by atomic mass is 10.2. The Labute approximate surface area is 156 Å². The molecule has 0 aliphatic carbocycles. The highest BCUT2D eigenvalue weighted by Gasteiger charge is 2.22. The van der Waals surface area contributed by atoms with Gasteiger partial charge in [0.2, 0.25) is 10.4 Å². The van der Waals surface area contributed by atoms with Crippen LogP contribution in [0.4, 0.5) is 5.88 Å².